The average molecular weight is 358 g/mol. The fourth-order valence-electron chi connectivity index (χ4n) is 1.64. The molecule has 2 rings (SSSR count). The minimum atomic E-state index is -0.172. The fraction of sp³-hybridized carbons (Fsp3) is 0.143. The molecular weight excluding hydrogens is 346 g/mol. The van der Waals surface area contributed by atoms with Crippen molar-refractivity contribution in [3.8, 4) is 0 Å². The van der Waals surface area contributed by atoms with E-state index in [1.165, 1.54) is 11.3 Å². The van der Waals surface area contributed by atoms with Gasteiger partial charge in [-0.15, -0.1) is 11.3 Å². The molecule has 1 radical (unpaired) electrons. The maximum atomic E-state index is 11.9. The van der Waals surface area contributed by atoms with E-state index in [4.69, 9.17) is 11.6 Å². The van der Waals surface area contributed by atoms with Crippen molar-refractivity contribution in [2.24, 2.45) is 0 Å². The zero-order valence-corrected chi connectivity index (χ0v) is 13.2. The molecule has 1 aromatic heterocycles. The Morgan fingerprint density at radius 2 is 2.11 bits per heavy atom. The molecule has 0 bridgehead atoms. The lowest BCUT2D eigenvalue weighted by Crippen LogP contribution is -2.33. The minimum Gasteiger partial charge on any atom is -0.348 e. The smallest absolute Gasteiger partial charge is 0.261 e. The lowest BCUT2D eigenvalue weighted by molar-refractivity contribution is 0.0948. The Bertz CT molecular complexity index is 567. The molecule has 2 nitrogen and oxygen atoms in total. The molecular formula is C14H12BrClNOS. The highest BCUT2D eigenvalue weighted by Crippen LogP contribution is 2.19. The van der Waals surface area contributed by atoms with Crippen molar-refractivity contribution in [3.63, 3.8) is 0 Å². The monoisotopic (exact) mass is 356 g/mol. The zero-order valence-electron chi connectivity index (χ0n) is 10.0. The molecule has 0 aliphatic rings. The van der Waals surface area contributed by atoms with Crippen LogP contribution in [0.4, 0.5) is 0 Å². The molecule has 0 fully saturated rings. The van der Waals surface area contributed by atoms with E-state index in [0.29, 0.717) is 16.3 Å². The Labute approximate surface area is 129 Å². The van der Waals surface area contributed by atoms with Gasteiger partial charge < -0.3 is 5.32 Å². The van der Waals surface area contributed by atoms with Crippen molar-refractivity contribution >= 4 is 44.8 Å². The van der Waals surface area contributed by atoms with Crippen LogP contribution in [-0.2, 0) is 6.42 Å². The summed E-state index contributed by atoms with van der Waals surface area (Å²) < 4.78 is 0.918. The molecule has 5 heteroatoms. The molecule has 1 heterocycles. The Morgan fingerprint density at radius 1 is 1.42 bits per heavy atom. The van der Waals surface area contributed by atoms with Crippen molar-refractivity contribution in [2.45, 2.75) is 12.5 Å². The Hall–Kier alpha value is -0.840. The van der Waals surface area contributed by atoms with E-state index in [0.717, 1.165) is 10.0 Å². The number of benzene rings is 1. The summed E-state index contributed by atoms with van der Waals surface area (Å²) in [5.74, 6) is -0.0929. The number of carbonyl (C=O) groups excluding carboxylic acids is 1. The molecule has 0 saturated heterocycles. The Kier molecular flexibility index (Phi) is 5.02. The second kappa shape index (κ2) is 6.55. The van der Waals surface area contributed by atoms with Crippen LogP contribution in [-0.4, -0.2) is 11.9 Å². The molecule has 99 valence electrons. The first-order valence-corrected chi connectivity index (χ1v) is 7.72. The van der Waals surface area contributed by atoms with E-state index in [2.05, 4.69) is 28.2 Å². The molecule has 1 aromatic carbocycles. The normalized spacial score (nSPS) is 12.2. The molecule has 0 saturated carbocycles. The molecule has 2 aromatic rings. The number of halogens is 2. The predicted octanol–water partition coefficient (Wildman–Crippen LogP) is 4.34. The summed E-state index contributed by atoms with van der Waals surface area (Å²) >= 11 is 10.6. The maximum absolute atomic E-state index is 11.9. The topological polar surface area (TPSA) is 29.1 Å². The molecule has 1 N–H and O–H groups in total. The molecule has 1 atom stereocenters. The van der Waals surface area contributed by atoms with Gasteiger partial charge in [0.2, 0.25) is 0 Å². The van der Waals surface area contributed by atoms with E-state index >= 15 is 0 Å². The third-order valence-electron chi connectivity index (χ3n) is 2.52. The summed E-state index contributed by atoms with van der Waals surface area (Å²) in [6, 6.07) is 9.18. The maximum Gasteiger partial charge on any atom is 0.261 e. The van der Waals surface area contributed by atoms with Crippen molar-refractivity contribution < 1.29 is 4.79 Å². The summed E-state index contributed by atoms with van der Waals surface area (Å²) in [6.45, 7) is 3.96. The van der Waals surface area contributed by atoms with Gasteiger partial charge in [0, 0.05) is 20.9 Å². The van der Waals surface area contributed by atoms with E-state index in [-0.39, 0.29) is 11.9 Å². The minimum absolute atomic E-state index is 0.0929. The van der Waals surface area contributed by atoms with Gasteiger partial charge >= 0.3 is 0 Å². The van der Waals surface area contributed by atoms with Crippen molar-refractivity contribution in [3.05, 3.63) is 62.6 Å². The number of thiophene rings is 1. The first-order valence-electron chi connectivity index (χ1n) is 5.67. The number of nitrogens with one attached hydrogen (secondary N) is 1. The van der Waals surface area contributed by atoms with Crippen LogP contribution in [0.5, 0.6) is 0 Å². The summed E-state index contributed by atoms with van der Waals surface area (Å²) in [4.78, 5) is 12.6. The summed E-state index contributed by atoms with van der Waals surface area (Å²) in [6.07, 6.45) is 0.676. The standard InChI is InChI=1S/C14H12BrClNOS/c1-9(6-10-2-4-12(16)5-3-10)17-14(18)13-7-11(15)8-19-13/h2-5,7-9H,1,6H2,(H,17,18)/t9-/m0/s1. The fourth-order valence-corrected chi connectivity index (χ4v) is 3.10. The van der Waals surface area contributed by atoms with Crippen LogP contribution in [0.3, 0.4) is 0 Å². The molecule has 0 aliphatic carbocycles. The number of hydrogen-bond donors (Lipinski definition) is 1. The van der Waals surface area contributed by atoms with E-state index < -0.39 is 0 Å². The Balaban J connectivity index is 1.92. The van der Waals surface area contributed by atoms with E-state index in [9.17, 15) is 4.79 Å². The Morgan fingerprint density at radius 3 is 2.68 bits per heavy atom. The third-order valence-corrected chi connectivity index (χ3v) is 4.46. The highest BCUT2D eigenvalue weighted by molar-refractivity contribution is 9.10. The number of rotatable bonds is 4. The number of amides is 1. The first-order chi connectivity index (χ1) is 9.04. The van der Waals surface area contributed by atoms with Crippen LogP contribution in [0, 0.1) is 6.92 Å². The van der Waals surface area contributed by atoms with Crippen molar-refractivity contribution in [2.75, 3.05) is 0 Å². The third kappa shape index (κ3) is 4.34. The molecule has 0 spiro atoms. The average Bonchev–Trinajstić information content (AvgIpc) is 2.79. The zero-order chi connectivity index (χ0) is 13.8. The lowest BCUT2D eigenvalue weighted by Gasteiger charge is -2.13. The quantitative estimate of drug-likeness (QED) is 0.866. The van der Waals surface area contributed by atoms with Gasteiger partial charge in [-0.3, -0.25) is 4.79 Å². The molecule has 1 amide bonds. The van der Waals surface area contributed by atoms with Gasteiger partial charge in [0.05, 0.1) is 4.88 Å². The SMILES string of the molecule is [CH2][C@@H](Cc1ccc(Cl)cc1)NC(=O)c1cc(Br)cs1. The van der Waals surface area contributed by atoms with Gasteiger partial charge in [0.15, 0.2) is 0 Å². The van der Waals surface area contributed by atoms with Crippen LogP contribution in [0.2, 0.25) is 5.02 Å². The largest absolute Gasteiger partial charge is 0.348 e. The van der Waals surface area contributed by atoms with Crippen molar-refractivity contribution in [1.82, 2.24) is 5.32 Å². The molecule has 0 aliphatic heterocycles. The van der Waals surface area contributed by atoms with Crippen LogP contribution in [0.1, 0.15) is 15.2 Å². The van der Waals surface area contributed by atoms with Gasteiger partial charge in [-0.25, -0.2) is 0 Å². The predicted molar refractivity (Wildman–Crippen MR) is 83.8 cm³/mol. The van der Waals surface area contributed by atoms with Gasteiger partial charge in [-0.05, 0) is 53.0 Å². The first kappa shape index (κ1) is 14.6. The molecule has 0 unspecified atom stereocenters. The van der Waals surface area contributed by atoms with Crippen molar-refractivity contribution in [1.29, 1.82) is 0 Å². The van der Waals surface area contributed by atoms with Crippen LogP contribution in [0.15, 0.2) is 40.2 Å². The second-order valence-corrected chi connectivity index (χ2v) is 6.39. The van der Waals surface area contributed by atoms with Crippen LogP contribution in [0.25, 0.3) is 0 Å². The second-order valence-electron chi connectivity index (χ2n) is 4.13. The van der Waals surface area contributed by atoms with Gasteiger partial charge in [0.1, 0.15) is 0 Å². The van der Waals surface area contributed by atoms with E-state index in [1.807, 2.05) is 29.6 Å². The lowest BCUT2D eigenvalue weighted by atomic mass is 10.1. The summed E-state index contributed by atoms with van der Waals surface area (Å²) in [5, 5.41) is 5.47. The van der Waals surface area contributed by atoms with E-state index in [1.54, 1.807) is 6.07 Å². The highest BCUT2D eigenvalue weighted by atomic mass is 79.9. The van der Waals surface area contributed by atoms with Gasteiger partial charge in [-0.1, -0.05) is 23.7 Å². The van der Waals surface area contributed by atoms with Crippen LogP contribution < -0.4 is 5.32 Å². The number of hydrogen-bond acceptors (Lipinski definition) is 2. The van der Waals surface area contributed by atoms with Gasteiger partial charge in [0.25, 0.3) is 5.91 Å². The number of carbonyl (C=O) groups is 1. The summed E-state index contributed by atoms with van der Waals surface area (Å²) in [7, 11) is 0. The van der Waals surface area contributed by atoms with Gasteiger partial charge in [-0.2, -0.15) is 0 Å². The van der Waals surface area contributed by atoms with Crippen LogP contribution >= 0.6 is 38.9 Å². The summed E-state index contributed by atoms with van der Waals surface area (Å²) in [5.41, 5.74) is 1.09. The highest BCUT2D eigenvalue weighted by Gasteiger charge is 2.12. The molecule has 19 heavy (non-hydrogen) atoms.